The lowest BCUT2D eigenvalue weighted by atomic mass is 10.1. The Morgan fingerprint density at radius 2 is 1.86 bits per heavy atom. The molecule has 0 aliphatic rings. The van der Waals surface area contributed by atoms with Crippen LogP contribution in [0.2, 0.25) is 0 Å². The van der Waals surface area contributed by atoms with Gasteiger partial charge in [-0.25, -0.2) is 9.37 Å². The molecule has 0 atom stereocenters. The lowest BCUT2D eigenvalue weighted by molar-refractivity contribution is -0.116. The number of amides is 1. The van der Waals surface area contributed by atoms with Crippen LogP contribution in [0.25, 0.3) is 16.6 Å². The zero-order chi connectivity index (χ0) is 24.9. The number of hydrogen-bond acceptors (Lipinski definition) is 5. The fourth-order valence-electron chi connectivity index (χ4n) is 3.77. The Morgan fingerprint density at radius 1 is 1.11 bits per heavy atom. The highest BCUT2D eigenvalue weighted by Crippen LogP contribution is 2.25. The number of rotatable bonds is 7. The van der Waals surface area contributed by atoms with Crippen molar-refractivity contribution in [2.75, 3.05) is 17.2 Å². The largest absolute Gasteiger partial charge is 0.311 e. The number of aromatic nitrogens is 2. The molecule has 0 bridgehead atoms. The lowest BCUT2D eigenvalue weighted by Gasteiger charge is -2.22. The maximum atomic E-state index is 13.5. The third-order valence-corrected chi connectivity index (χ3v) is 6.49. The quantitative estimate of drug-likeness (QED) is 0.266. The summed E-state index contributed by atoms with van der Waals surface area (Å²) in [6.45, 7) is 4.05. The topological polar surface area (TPSA) is 79.0 Å². The summed E-state index contributed by atoms with van der Waals surface area (Å²) in [5.74, 6) is -0.696. The molecule has 1 amide bonds. The second-order valence-electron chi connectivity index (χ2n) is 8.06. The normalized spacial score (nSPS) is 10.8. The van der Waals surface area contributed by atoms with Gasteiger partial charge in [0.25, 0.3) is 5.56 Å². The molecule has 0 saturated heterocycles. The minimum Gasteiger partial charge on any atom is -0.311 e. The molecule has 0 saturated carbocycles. The van der Waals surface area contributed by atoms with Crippen molar-refractivity contribution >= 4 is 34.3 Å². The van der Waals surface area contributed by atoms with Crippen molar-refractivity contribution < 1.29 is 9.18 Å². The van der Waals surface area contributed by atoms with Crippen molar-refractivity contribution in [1.29, 1.82) is 5.26 Å². The number of thioether (sulfide) groups is 1. The van der Waals surface area contributed by atoms with E-state index in [2.05, 4.69) is 0 Å². The molecule has 0 aliphatic heterocycles. The Kier molecular flexibility index (Phi) is 7.28. The summed E-state index contributed by atoms with van der Waals surface area (Å²) < 4.78 is 15.0. The minimum atomic E-state index is -0.409. The number of anilines is 1. The first-order valence-corrected chi connectivity index (χ1v) is 12.0. The van der Waals surface area contributed by atoms with Crippen molar-refractivity contribution in [3.05, 3.63) is 94.0 Å². The van der Waals surface area contributed by atoms with Crippen LogP contribution in [-0.2, 0) is 4.79 Å². The number of aryl methyl sites for hydroxylation is 2. The molecule has 4 rings (SSSR count). The number of benzene rings is 3. The SMILES string of the molecule is Cc1ccc(C)c(-n2c(SCC(=O)N(CCC#N)c3ccc(F)cc3)nc3ccccc3c2=O)c1. The standard InChI is InChI=1S/C27H23FN4O2S/c1-18-8-9-19(2)24(16-18)32-26(34)22-6-3-4-7-23(22)30-27(32)35-17-25(33)31(15-5-14-29)21-12-10-20(28)11-13-21/h3-4,6-13,16H,5,15,17H2,1-2H3. The molecule has 0 aliphatic carbocycles. The van der Waals surface area contributed by atoms with Crippen LogP contribution in [0.3, 0.4) is 0 Å². The van der Waals surface area contributed by atoms with Gasteiger partial charge < -0.3 is 4.90 Å². The highest BCUT2D eigenvalue weighted by Gasteiger charge is 2.20. The van der Waals surface area contributed by atoms with Crippen LogP contribution in [0.5, 0.6) is 0 Å². The molecule has 0 N–H and O–H groups in total. The van der Waals surface area contributed by atoms with E-state index in [0.29, 0.717) is 27.4 Å². The van der Waals surface area contributed by atoms with E-state index in [9.17, 15) is 14.0 Å². The molecule has 3 aromatic carbocycles. The van der Waals surface area contributed by atoms with Crippen molar-refractivity contribution in [3.63, 3.8) is 0 Å². The number of nitrogens with zero attached hydrogens (tertiary/aromatic N) is 4. The maximum Gasteiger partial charge on any atom is 0.266 e. The molecule has 0 spiro atoms. The number of carbonyl (C=O) groups is 1. The molecular weight excluding hydrogens is 463 g/mol. The summed E-state index contributed by atoms with van der Waals surface area (Å²) in [5.41, 5.74) is 3.46. The first-order valence-electron chi connectivity index (χ1n) is 11.0. The van der Waals surface area contributed by atoms with Gasteiger partial charge in [0.2, 0.25) is 5.91 Å². The van der Waals surface area contributed by atoms with E-state index in [4.69, 9.17) is 10.2 Å². The lowest BCUT2D eigenvalue weighted by Crippen LogP contribution is -2.33. The van der Waals surface area contributed by atoms with Gasteiger partial charge in [-0.2, -0.15) is 5.26 Å². The first-order chi connectivity index (χ1) is 16.9. The smallest absolute Gasteiger partial charge is 0.266 e. The molecule has 1 aromatic heterocycles. The predicted molar refractivity (Wildman–Crippen MR) is 137 cm³/mol. The average Bonchev–Trinajstić information content (AvgIpc) is 2.86. The number of halogens is 1. The fraction of sp³-hybridized carbons (Fsp3) is 0.185. The summed E-state index contributed by atoms with van der Waals surface area (Å²) in [6.07, 6.45) is 0.134. The van der Waals surface area contributed by atoms with E-state index < -0.39 is 5.82 Å². The summed E-state index contributed by atoms with van der Waals surface area (Å²) in [6, 6.07) is 20.6. The Bertz CT molecular complexity index is 1490. The molecule has 176 valence electrons. The Labute approximate surface area is 206 Å². The van der Waals surface area contributed by atoms with Gasteiger partial charge in [0.1, 0.15) is 5.82 Å². The van der Waals surface area contributed by atoms with Crippen LogP contribution in [0.1, 0.15) is 17.5 Å². The van der Waals surface area contributed by atoms with Crippen LogP contribution in [0.15, 0.2) is 76.7 Å². The molecule has 4 aromatic rings. The van der Waals surface area contributed by atoms with Crippen molar-refractivity contribution in [3.8, 4) is 11.8 Å². The van der Waals surface area contributed by atoms with Crippen molar-refractivity contribution in [2.24, 2.45) is 0 Å². The van der Waals surface area contributed by atoms with E-state index in [1.807, 2.05) is 44.2 Å². The molecular formula is C27H23FN4O2S. The third-order valence-electron chi connectivity index (χ3n) is 5.56. The van der Waals surface area contributed by atoms with E-state index in [1.54, 1.807) is 22.8 Å². The molecule has 0 unspecified atom stereocenters. The summed E-state index contributed by atoms with van der Waals surface area (Å²) in [7, 11) is 0. The van der Waals surface area contributed by atoms with E-state index in [0.717, 1.165) is 22.9 Å². The van der Waals surface area contributed by atoms with Gasteiger partial charge in [0.05, 0.1) is 34.8 Å². The Morgan fingerprint density at radius 3 is 2.60 bits per heavy atom. The zero-order valence-corrected chi connectivity index (χ0v) is 20.2. The molecule has 6 nitrogen and oxygen atoms in total. The Balaban J connectivity index is 1.73. The molecule has 0 fully saturated rings. The number of carbonyl (C=O) groups excluding carboxylic acids is 1. The fourth-order valence-corrected chi connectivity index (χ4v) is 4.65. The molecule has 0 radical (unpaired) electrons. The number of para-hydroxylation sites is 1. The monoisotopic (exact) mass is 486 g/mol. The average molecular weight is 487 g/mol. The highest BCUT2D eigenvalue weighted by atomic mass is 32.2. The zero-order valence-electron chi connectivity index (χ0n) is 19.4. The number of nitriles is 1. The van der Waals surface area contributed by atoms with Gasteiger partial charge in [-0.3, -0.25) is 14.2 Å². The summed E-state index contributed by atoms with van der Waals surface area (Å²) in [5, 5.41) is 9.93. The highest BCUT2D eigenvalue weighted by molar-refractivity contribution is 7.99. The van der Waals surface area contributed by atoms with Gasteiger partial charge in [0.15, 0.2) is 5.16 Å². The second kappa shape index (κ2) is 10.5. The van der Waals surface area contributed by atoms with Crippen molar-refractivity contribution in [1.82, 2.24) is 9.55 Å². The van der Waals surface area contributed by atoms with Crippen LogP contribution < -0.4 is 10.5 Å². The Hall–Kier alpha value is -3.96. The number of fused-ring (bicyclic) bond motifs is 1. The molecule has 1 heterocycles. The first kappa shape index (κ1) is 24.2. The van der Waals surface area contributed by atoms with Gasteiger partial charge in [-0.15, -0.1) is 0 Å². The summed E-state index contributed by atoms with van der Waals surface area (Å²) in [4.78, 5) is 32.9. The van der Waals surface area contributed by atoms with Crippen molar-refractivity contribution in [2.45, 2.75) is 25.4 Å². The van der Waals surface area contributed by atoms with Gasteiger partial charge in [-0.05, 0) is 67.4 Å². The van der Waals surface area contributed by atoms with E-state index >= 15 is 0 Å². The maximum absolute atomic E-state index is 13.5. The van der Waals surface area contributed by atoms with Gasteiger partial charge in [-0.1, -0.05) is 36.0 Å². The van der Waals surface area contributed by atoms with Crippen LogP contribution >= 0.6 is 11.8 Å². The minimum absolute atomic E-state index is 0.0154. The van der Waals surface area contributed by atoms with Crippen LogP contribution in [0, 0.1) is 31.0 Å². The van der Waals surface area contributed by atoms with Gasteiger partial charge in [0, 0.05) is 12.2 Å². The number of hydrogen-bond donors (Lipinski definition) is 0. The molecule has 35 heavy (non-hydrogen) atoms. The predicted octanol–water partition coefficient (Wildman–Crippen LogP) is 5.18. The van der Waals surface area contributed by atoms with Gasteiger partial charge >= 0.3 is 0 Å². The van der Waals surface area contributed by atoms with E-state index in [1.165, 1.54) is 29.2 Å². The van der Waals surface area contributed by atoms with E-state index in [-0.39, 0.29) is 30.2 Å². The molecule has 8 heteroatoms. The third kappa shape index (κ3) is 5.26. The second-order valence-corrected chi connectivity index (χ2v) is 9.00. The van der Waals surface area contributed by atoms with Crippen LogP contribution in [-0.4, -0.2) is 27.8 Å². The van der Waals surface area contributed by atoms with Crippen LogP contribution in [0.4, 0.5) is 10.1 Å². The summed E-state index contributed by atoms with van der Waals surface area (Å²) >= 11 is 1.16.